The molecular weight excluding hydrogens is 385 g/mol. The van der Waals surface area contributed by atoms with Crippen molar-refractivity contribution >= 4 is 35.1 Å². The molecule has 27 heavy (non-hydrogen) atoms. The van der Waals surface area contributed by atoms with Crippen LogP contribution >= 0.6 is 23.2 Å². The molecule has 0 radical (unpaired) electrons. The molecule has 1 spiro atoms. The molecule has 1 atom stereocenters. The van der Waals surface area contributed by atoms with E-state index >= 15 is 0 Å². The standard InChI is InChI=1S/C21H19Cl2NO3/c22-15-8-6-14(18(23)12-15)7-9-19(25)24-11-3-10-21(13-24)17-5-2-1-4-16(17)20(26)27-21/h1-2,4-6,8,12H,3,7,9-11,13H2. The summed E-state index contributed by atoms with van der Waals surface area (Å²) < 4.78 is 5.77. The van der Waals surface area contributed by atoms with E-state index in [2.05, 4.69) is 0 Å². The average molecular weight is 404 g/mol. The Morgan fingerprint density at radius 2 is 2.00 bits per heavy atom. The second-order valence-electron chi connectivity index (χ2n) is 7.08. The molecule has 0 N–H and O–H groups in total. The highest BCUT2D eigenvalue weighted by atomic mass is 35.5. The van der Waals surface area contributed by atoms with Gasteiger partial charge in [-0.05, 0) is 43.0 Å². The van der Waals surface area contributed by atoms with Crippen molar-refractivity contribution in [1.82, 2.24) is 4.90 Å². The number of hydrogen-bond acceptors (Lipinski definition) is 3. The van der Waals surface area contributed by atoms with Gasteiger partial charge in [0.15, 0.2) is 5.60 Å². The molecule has 4 rings (SSSR count). The molecule has 0 aliphatic carbocycles. The Bertz CT molecular complexity index is 914. The van der Waals surface area contributed by atoms with Crippen molar-refractivity contribution in [3.63, 3.8) is 0 Å². The number of carbonyl (C=O) groups is 2. The minimum Gasteiger partial charge on any atom is -0.449 e. The van der Waals surface area contributed by atoms with E-state index in [1.807, 2.05) is 29.2 Å². The lowest BCUT2D eigenvalue weighted by atomic mass is 9.85. The van der Waals surface area contributed by atoms with E-state index in [4.69, 9.17) is 27.9 Å². The zero-order valence-corrected chi connectivity index (χ0v) is 16.2. The number of aryl methyl sites for hydroxylation is 1. The Morgan fingerprint density at radius 1 is 1.19 bits per heavy atom. The number of rotatable bonds is 3. The Balaban J connectivity index is 1.47. The summed E-state index contributed by atoms with van der Waals surface area (Å²) in [5, 5.41) is 1.15. The van der Waals surface area contributed by atoms with Gasteiger partial charge in [-0.1, -0.05) is 47.5 Å². The molecule has 0 aromatic heterocycles. The highest BCUT2D eigenvalue weighted by molar-refractivity contribution is 6.35. The van der Waals surface area contributed by atoms with Gasteiger partial charge in [0.05, 0.1) is 12.1 Å². The molecule has 1 amide bonds. The molecule has 6 heteroatoms. The van der Waals surface area contributed by atoms with Gasteiger partial charge in [0, 0.05) is 28.6 Å². The topological polar surface area (TPSA) is 46.6 Å². The SMILES string of the molecule is O=C1OC2(CCCN(C(=O)CCc3ccc(Cl)cc3Cl)C2)c2ccccc21. The van der Waals surface area contributed by atoms with Gasteiger partial charge < -0.3 is 9.64 Å². The number of nitrogens with zero attached hydrogens (tertiary/aromatic N) is 1. The van der Waals surface area contributed by atoms with E-state index < -0.39 is 5.60 Å². The molecule has 140 valence electrons. The summed E-state index contributed by atoms with van der Waals surface area (Å²) in [4.78, 5) is 26.8. The predicted octanol–water partition coefficient (Wildman–Crippen LogP) is 4.61. The third-order valence-electron chi connectivity index (χ3n) is 5.36. The fourth-order valence-electron chi connectivity index (χ4n) is 4.01. The first kappa shape index (κ1) is 18.3. The van der Waals surface area contributed by atoms with Crippen molar-refractivity contribution in [1.29, 1.82) is 0 Å². The number of amides is 1. The van der Waals surface area contributed by atoms with Crippen LogP contribution in [-0.2, 0) is 21.6 Å². The van der Waals surface area contributed by atoms with Crippen molar-refractivity contribution < 1.29 is 14.3 Å². The van der Waals surface area contributed by atoms with Crippen LogP contribution in [-0.4, -0.2) is 29.9 Å². The molecule has 1 saturated heterocycles. The maximum Gasteiger partial charge on any atom is 0.339 e. The fraction of sp³-hybridized carbons (Fsp3) is 0.333. The van der Waals surface area contributed by atoms with Crippen LogP contribution in [0, 0.1) is 0 Å². The number of carbonyl (C=O) groups excluding carboxylic acids is 2. The van der Waals surface area contributed by atoms with Gasteiger partial charge in [0.25, 0.3) is 0 Å². The maximum absolute atomic E-state index is 12.8. The van der Waals surface area contributed by atoms with Crippen LogP contribution in [0.4, 0.5) is 0 Å². The van der Waals surface area contributed by atoms with Crippen LogP contribution in [0.3, 0.4) is 0 Å². The zero-order chi connectivity index (χ0) is 19.0. The van der Waals surface area contributed by atoms with E-state index in [1.54, 1.807) is 18.2 Å². The second-order valence-corrected chi connectivity index (χ2v) is 7.93. The van der Waals surface area contributed by atoms with Gasteiger partial charge in [-0.3, -0.25) is 4.79 Å². The Morgan fingerprint density at radius 3 is 2.81 bits per heavy atom. The van der Waals surface area contributed by atoms with Crippen LogP contribution in [0.1, 0.15) is 40.7 Å². The molecule has 4 nitrogen and oxygen atoms in total. The second kappa shape index (κ2) is 7.17. The molecule has 2 aromatic carbocycles. The molecule has 2 heterocycles. The van der Waals surface area contributed by atoms with Gasteiger partial charge >= 0.3 is 5.97 Å². The van der Waals surface area contributed by atoms with Crippen LogP contribution in [0.5, 0.6) is 0 Å². The van der Waals surface area contributed by atoms with Crippen molar-refractivity contribution in [2.75, 3.05) is 13.1 Å². The third kappa shape index (κ3) is 3.44. The number of benzene rings is 2. The highest BCUT2D eigenvalue weighted by Gasteiger charge is 2.48. The Labute approximate surface area is 168 Å². The average Bonchev–Trinajstić information content (AvgIpc) is 2.93. The minimum atomic E-state index is -0.709. The summed E-state index contributed by atoms with van der Waals surface area (Å²) in [6.45, 7) is 1.08. The van der Waals surface area contributed by atoms with E-state index in [0.717, 1.165) is 24.0 Å². The summed E-state index contributed by atoms with van der Waals surface area (Å²) in [6, 6.07) is 12.8. The lowest BCUT2D eigenvalue weighted by Crippen LogP contribution is -2.48. The van der Waals surface area contributed by atoms with Gasteiger partial charge in [0.1, 0.15) is 0 Å². The van der Waals surface area contributed by atoms with Crippen molar-refractivity contribution in [3.05, 3.63) is 69.2 Å². The number of esters is 1. The monoisotopic (exact) mass is 403 g/mol. The summed E-state index contributed by atoms with van der Waals surface area (Å²) in [5.74, 6) is -0.256. The van der Waals surface area contributed by atoms with Crippen molar-refractivity contribution in [3.8, 4) is 0 Å². The highest BCUT2D eigenvalue weighted by Crippen LogP contribution is 2.42. The summed E-state index contributed by atoms with van der Waals surface area (Å²) in [5.41, 5.74) is 1.70. The van der Waals surface area contributed by atoms with Crippen molar-refractivity contribution in [2.45, 2.75) is 31.3 Å². The van der Waals surface area contributed by atoms with Crippen LogP contribution in [0.15, 0.2) is 42.5 Å². The van der Waals surface area contributed by atoms with E-state index in [-0.39, 0.29) is 11.9 Å². The number of fused-ring (bicyclic) bond motifs is 2. The van der Waals surface area contributed by atoms with Gasteiger partial charge in [-0.2, -0.15) is 0 Å². The molecule has 2 aliphatic rings. The quantitative estimate of drug-likeness (QED) is 0.702. The third-order valence-corrected chi connectivity index (χ3v) is 5.94. The number of likely N-dealkylation sites (tertiary alicyclic amines) is 1. The molecule has 2 aromatic rings. The predicted molar refractivity (Wildman–Crippen MR) is 104 cm³/mol. The summed E-state index contributed by atoms with van der Waals surface area (Å²) >= 11 is 12.1. The number of ether oxygens (including phenoxy) is 1. The molecule has 1 unspecified atom stereocenters. The Kier molecular flexibility index (Phi) is 4.87. The van der Waals surface area contributed by atoms with E-state index in [9.17, 15) is 9.59 Å². The Hall–Kier alpha value is -2.04. The molecule has 0 bridgehead atoms. The zero-order valence-electron chi connectivity index (χ0n) is 14.7. The van der Waals surface area contributed by atoms with E-state index in [1.165, 1.54) is 0 Å². The van der Waals surface area contributed by atoms with Crippen LogP contribution in [0.2, 0.25) is 10.0 Å². The lowest BCUT2D eigenvalue weighted by Gasteiger charge is -2.39. The minimum absolute atomic E-state index is 0.0421. The van der Waals surface area contributed by atoms with E-state index in [0.29, 0.717) is 41.5 Å². The molecule has 2 aliphatic heterocycles. The molecule has 0 saturated carbocycles. The van der Waals surface area contributed by atoms with Gasteiger partial charge in [0.2, 0.25) is 5.91 Å². The van der Waals surface area contributed by atoms with Crippen molar-refractivity contribution in [2.24, 2.45) is 0 Å². The first-order valence-electron chi connectivity index (χ1n) is 9.03. The molecule has 1 fully saturated rings. The lowest BCUT2D eigenvalue weighted by molar-refractivity contribution is -0.138. The number of hydrogen-bond donors (Lipinski definition) is 0. The largest absolute Gasteiger partial charge is 0.449 e. The summed E-state index contributed by atoms with van der Waals surface area (Å²) in [7, 11) is 0. The first-order chi connectivity index (χ1) is 13.0. The maximum atomic E-state index is 12.8. The van der Waals surface area contributed by atoms with Crippen LogP contribution < -0.4 is 0 Å². The normalized spacial score (nSPS) is 21.3. The molecular formula is C21H19Cl2NO3. The first-order valence-corrected chi connectivity index (χ1v) is 9.79. The smallest absolute Gasteiger partial charge is 0.339 e. The fourth-order valence-corrected chi connectivity index (χ4v) is 4.51. The summed E-state index contributed by atoms with van der Waals surface area (Å²) in [6.07, 6.45) is 2.44. The van der Waals surface area contributed by atoms with Crippen LogP contribution in [0.25, 0.3) is 0 Å². The van der Waals surface area contributed by atoms with Gasteiger partial charge in [-0.15, -0.1) is 0 Å². The van der Waals surface area contributed by atoms with Gasteiger partial charge in [-0.25, -0.2) is 4.79 Å². The number of halogens is 2. The number of piperidine rings is 1.